The smallest absolute Gasteiger partial charge is 0.291 e. The van der Waals surface area contributed by atoms with Crippen LogP contribution in [0.1, 0.15) is 45.2 Å². The summed E-state index contributed by atoms with van der Waals surface area (Å²) in [6.45, 7) is 9.96. The van der Waals surface area contributed by atoms with E-state index in [2.05, 4.69) is 19.2 Å². The summed E-state index contributed by atoms with van der Waals surface area (Å²) in [4.78, 5) is 41.5. The van der Waals surface area contributed by atoms with Crippen LogP contribution in [0.2, 0.25) is 0 Å². The number of quaternary nitrogens is 1. The van der Waals surface area contributed by atoms with Crippen LogP contribution in [0.3, 0.4) is 0 Å². The first-order valence-electron chi connectivity index (χ1n) is 9.90. The number of imide groups is 1. The van der Waals surface area contributed by atoms with Crippen LogP contribution < -0.4 is 10.6 Å². The van der Waals surface area contributed by atoms with Gasteiger partial charge in [0.15, 0.2) is 0 Å². The number of carbonyl (C=O) groups excluding carboxylic acids is 3. The minimum atomic E-state index is -1.05. The van der Waals surface area contributed by atoms with Gasteiger partial charge in [0.25, 0.3) is 5.91 Å². The first kappa shape index (κ1) is 18.2. The standard InChI is InChI=1S/C21H27N3O3/c1-6-12(5)24-18(25)14-15(19(24)26)21(23-16(14)10(2)3)13-9-7-8-11(4)17(13)22-20(21)27/h7-10,12,14-16,23H,6H2,1-5H3,(H,22,27)/p+1/t12-,14+,15+,16+,21+/m1/s1. The van der Waals surface area contributed by atoms with E-state index in [0.29, 0.717) is 6.42 Å². The fourth-order valence-corrected chi connectivity index (χ4v) is 5.31. The van der Waals surface area contributed by atoms with Crippen LogP contribution in [0.15, 0.2) is 18.2 Å². The maximum absolute atomic E-state index is 13.5. The van der Waals surface area contributed by atoms with Gasteiger partial charge in [0, 0.05) is 17.5 Å². The Labute approximate surface area is 159 Å². The number of amides is 3. The van der Waals surface area contributed by atoms with E-state index in [-0.39, 0.29) is 35.7 Å². The fraction of sp³-hybridized carbons (Fsp3) is 0.571. The molecule has 0 saturated carbocycles. The zero-order valence-corrected chi connectivity index (χ0v) is 16.6. The van der Waals surface area contributed by atoms with Gasteiger partial charge in [-0.3, -0.25) is 19.3 Å². The molecule has 4 rings (SSSR count). The molecule has 0 radical (unpaired) electrons. The number of nitrogens with two attached hydrogens (primary N) is 1. The molecule has 3 aliphatic rings. The van der Waals surface area contributed by atoms with Gasteiger partial charge >= 0.3 is 0 Å². The molecule has 5 atom stereocenters. The fourth-order valence-electron chi connectivity index (χ4n) is 5.31. The van der Waals surface area contributed by atoms with Crippen LogP contribution in [0, 0.1) is 24.7 Å². The second-order valence-electron chi connectivity index (χ2n) is 8.62. The summed E-state index contributed by atoms with van der Waals surface area (Å²) < 4.78 is 0. The Morgan fingerprint density at radius 2 is 1.89 bits per heavy atom. The van der Waals surface area contributed by atoms with Crippen molar-refractivity contribution >= 4 is 23.4 Å². The van der Waals surface area contributed by atoms with E-state index in [4.69, 9.17) is 0 Å². The summed E-state index contributed by atoms with van der Waals surface area (Å²) in [7, 11) is 0. The van der Waals surface area contributed by atoms with E-state index < -0.39 is 17.4 Å². The van der Waals surface area contributed by atoms with Gasteiger partial charge in [-0.25, -0.2) is 0 Å². The monoisotopic (exact) mass is 370 g/mol. The van der Waals surface area contributed by atoms with Crippen LogP contribution in [0.25, 0.3) is 0 Å². The second kappa shape index (κ2) is 5.89. The summed E-state index contributed by atoms with van der Waals surface area (Å²) >= 11 is 0. The zero-order chi connectivity index (χ0) is 19.7. The molecule has 1 aromatic carbocycles. The van der Waals surface area contributed by atoms with Gasteiger partial charge in [0.2, 0.25) is 17.4 Å². The Balaban J connectivity index is 1.92. The third kappa shape index (κ3) is 2.13. The summed E-state index contributed by atoms with van der Waals surface area (Å²) in [6.07, 6.45) is 0.710. The Bertz CT molecular complexity index is 849. The molecule has 1 aromatic rings. The van der Waals surface area contributed by atoms with Gasteiger partial charge in [-0.15, -0.1) is 0 Å². The van der Waals surface area contributed by atoms with E-state index in [1.807, 2.05) is 44.3 Å². The maximum Gasteiger partial charge on any atom is 0.291 e. The SMILES string of the molecule is CC[C@@H](C)N1C(=O)[C@H]2[C@@H](C1=O)[C@]1([NH2+][C@H]2C(C)C)C(=O)Nc2c(C)cccc21. The molecule has 144 valence electrons. The minimum Gasteiger partial charge on any atom is -0.326 e. The predicted molar refractivity (Wildman–Crippen MR) is 101 cm³/mol. The highest BCUT2D eigenvalue weighted by atomic mass is 16.2. The topological polar surface area (TPSA) is 83.1 Å². The Kier molecular flexibility index (Phi) is 3.97. The van der Waals surface area contributed by atoms with Gasteiger partial charge < -0.3 is 10.6 Å². The number of fused-ring (bicyclic) bond motifs is 4. The van der Waals surface area contributed by atoms with E-state index >= 15 is 0 Å². The van der Waals surface area contributed by atoms with Crippen LogP contribution >= 0.6 is 0 Å². The van der Waals surface area contributed by atoms with Gasteiger partial charge in [-0.1, -0.05) is 39.0 Å². The molecule has 6 nitrogen and oxygen atoms in total. The Hall–Kier alpha value is -2.21. The lowest BCUT2D eigenvalue weighted by Crippen LogP contribution is -2.99. The molecule has 2 saturated heterocycles. The number of hydrogen-bond acceptors (Lipinski definition) is 3. The van der Waals surface area contributed by atoms with Crippen LogP contribution in [0.4, 0.5) is 5.69 Å². The maximum atomic E-state index is 13.5. The first-order chi connectivity index (χ1) is 12.8. The number of anilines is 1. The first-order valence-corrected chi connectivity index (χ1v) is 9.90. The van der Waals surface area contributed by atoms with Crippen molar-refractivity contribution in [2.24, 2.45) is 17.8 Å². The number of hydrogen-bond donors (Lipinski definition) is 2. The van der Waals surface area contributed by atoms with Crippen molar-refractivity contribution in [3.63, 3.8) is 0 Å². The molecule has 0 aromatic heterocycles. The van der Waals surface area contributed by atoms with Gasteiger partial charge in [-0.2, -0.15) is 0 Å². The lowest BCUT2D eigenvalue weighted by Gasteiger charge is -2.29. The lowest BCUT2D eigenvalue weighted by molar-refractivity contribution is -0.738. The number of carbonyl (C=O) groups is 3. The molecule has 0 unspecified atom stereocenters. The molecule has 0 aliphatic carbocycles. The molecule has 3 heterocycles. The number of nitrogens with one attached hydrogen (secondary N) is 1. The molecule has 3 N–H and O–H groups in total. The third-order valence-corrected chi connectivity index (χ3v) is 6.88. The average Bonchev–Trinajstić information content (AvgIpc) is 3.21. The molecule has 27 heavy (non-hydrogen) atoms. The number of rotatable bonds is 3. The highest BCUT2D eigenvalue weighted by Gasteiger charge is 2.74. The van der Waals surface area contributed by atoms with Crippen molar-refractivity contribution in [3.8, 4) is 0 Å². The second-order valence-corrected chi connectivity index (χ2v) is 8.62. The van der Waals surface area contributed by atoms with Crippen LogP contribution in [0.5, 0.6) is 0 Å². The van der Waals surface area contributed by atoms with Crippen molar-refractivity contribution in [1.82, 2.24) is 4.90 Å². The van der Waals surface area contributed by atoms with E-state index in [1.54, 1.807) is 0 Å². The van der Waals surface area contributed by atoms with Crippen molar-refractivity contribution in [2.75, 3.05) is 5.32 Å². The average molecular weight is 370 g/mol. The third-order valence-electron chi connectivity index (χ3n) is 6.88. The van der Waals surface area contributed by atoms with Crippen molar-refractivity contribution in [3.05, 3.63) is 29.3 Å². The van der Waals surface area contributed by atoms with Crippen molar-refractivity contribution in [1.29, 1.82) is 0 Å². The Morgan fingerprint density at radius 3 is 2.52 bits per heavy atom. The molecular weight excluding hydrogens is 342 g/mol. The normalized spacial score (nSPS) is 33.0. The molecule has 1 spiro atoms. The van der Waals surface area contributed by atoms with E-state index in [9.17, 15) is 14.4 Å². The van der Waals surface area contributed by atoms with E-state index in [0.717, 1.165) is 16.8 Å². The highest BCUT2D eigenvalue weighted by Crippen LogP contribution is 2.50. The lowest BCUT2D eigenvalue weighted by atomic mass is 9.75. The van der Waals surface area contributed by atoms with Gasteiger partial charge in [0.1, 0.15) is 17.9 Å². The summed E-state index contributed by atoms with van der Waals surface area (Å²) in [5.74, 6) is -1.40. The van der Waals surface area contributed by atoms with Gasteiger partial charge in [0.05, 0.1) is 5.69 Å². The molecule has 6 heteroatoms. The quantitative estimate of drug-likeness (QED) is 0.783. The summed E-state index contributed by atoms with van der Waals surface area (Å²) in [5, 5.41) is 5.02. The number of para-hydroxylation sites is 1. The molecule has 3 amide bonds. The van der Waals surface area contributed by atoms with Gasteiger partial charge in [-0.05, 0) is 25.8 Å². The van der Waals surface area contributed by atoms with Crippen molar-refractivity contribution in [2.45, 2.75) is 58.7 Å². The number of aryl methyl sites for hydroxylation is 1. The zero-order valence-electron chi connectivity index (χ0n) is 16.6. The number of likely N-dealkylation sites (tertiary alicyclic amines) is 1. The van der Waals surface area contributed by atoms with Crippen LogP contribution in [-0.4, -0.2) is 34.7 Å². The summed E-state index contributed by atoms with van der Waals surface area (Å²) in [6, 6.07) is 5.56. The van der Waals surface area contributed by atoms with Crippen LogP contribution in [-0.2, 0) is 19.9 Å². The predicted octanol–water partition coefficient (Wildman–Crippen LogP) is 1.14. The molecular formula is C21H28N3O3+. The number of benzene rings is 1. The summed E-state index contributed by atoms with van der Waals surface area (Å²) in [5.41, 5.74) is 1.57. The minimum absolute atomic E-state index is 0.0993. The molecule has 2 fully saturated rings. The number of nitrogens with zero attached hydrogens (tertiary/aromatic N) is 1. The van der Waals surface area contributed by atoms with E-state index in [1.165, 1.54) is 4.90 Å². The molecule has 3 aliphatic heterocycles. The Morgan fingerprint density at radius 1 is 1.19 bits per heavy atom. The molecule has 0 bridgehead atoms. The largest absolute Gasteiger partial charge is 0.326 e. The highest BCUT2D eigenvalue weighted by molar-refractivity contribution is 6.14. The van der Waals surface area contributed by atoms with Crippen molar-refractivity contribution < 1.29 is 19.7 Å².